The van der Waals surface area contributed by atoms with Crippen LogP contribution in [0, 0.1) is 6.92 Å². The first kappa shape index (κ1) is 37.2. The number of nitrogens with zero attached hydrogens (tertiary/aromatic N) is 5. The summed E-state index contributed by atoms with van der Waals surface area (Å²) < 4.78 is 8.66. The monoisotopic (exact) mass is 763 g/mol. The molecule has 9 rings (SSSR count). The van der Waals surface area contributed by atoms with Crippen molar-refractivity contribution < 1.29 is 9.52 Å². The molecule has 0 amide bonds. The second-order valence-corrected chi connectivity index (χ2v) is 18.7. The zero-order valence-electron chi connectivity index (χ0n) is 35.0. The number of hydrogen-bond acceptors (Lipinski definition) is 6. The van der Waals surface area contributed by atoms with Gasteiger partial charge in [-0.05, 0) is 95.1 Å². The number of hydrogen-bond donors (Lipinski definition) is 1. The van der Waals surface area contributed by atoms with E-state index in [1.165, 1.54) is 16.7 Å². The van der Waals surface area contributed by atoms with Crippen molar-refractivity contribution in [3.63, 3.8) is 0 Å². The van der Waals surface area contributed by atoms with Crippen LogP contribution in [0.2, 0.25) is 0 Å². The van der Waals surface area contributed by atoms with Gasteiger partial charge in [0, 0.05) is 62.0 Å². The van der Waals surface area contributed by atoms with E-state index in [2.05, 4.69) is 128 Å². The molecular weight excluding hydrogens is 715 g/mol. The van der Waals surface area contributed by atoms with E-state index in [1.807, 2.05) is 42.7 Å². The standard InChI is InChI=1S/C51H49N5O2/c1-29-21-22-53-45-36(29)25-32(50(5,6)7)26-37(45)39-23-30(24-43(54-39)51(8,9)10)48-55-46-38(44-41(57)20-19-35-34-13-11-12-14-42(34)58-47(35)44)27-52-28-40(46)56(48)33-17-15-31(16-18-33)49(2,3)4/h11-28,57H,1-10H3. The average molecular weight is 764 g/mol. The van der Waals surface area contributed by atoms with Crippen LogP contribution in [0.15, 0.2) is 114 Å². The Morgan fingerprint density at radius 1 is 0.638 bits per heavy atom. The molecule has 9 aromatic rings. The van der Waals surface area contributed by atoms with Gasteiger partial charge in [0.25, 0.3) is 0 Å². The van der Waals surface area contributed by atoms with Crippen molar-refractivity contribution in [3.8, 4) is 45.2 Å². The van der Waals surface area contributed by atoms with Crippen molar-refractivity contribution in [2.45, 2.75) is 85.5 Å². The van der Waals surface area contributed by atoms with E-state index in [0.717, 1.165) is 66.8 Å². The van der Waals surface area contributed by atoms with E-state index in [1.54, 1.807) is 12.3 Å². The van der Waals surface area contributed by atoms with Crippen molar-refractivity contribution in [2.24, 2.45) is 0 Å². The summed E-state index contributed by atoms with van der Waals surface area (Å²) in [6.07, 6.45) is 5.53. The lowest BCUT2D eigenvalue weighted by Gasteiger charge is -2.23. The smallest absolute Gasteiger partial charge is 0.147 e. The molecule has 0 radical (unpaired) electrons. The first-order chi connectivity index (χ1) is 27.5. The van der Waals surface area contributed by atoms with Gasteiger partial charge >= 0.3 is 0 Å². The summed E-state index contributed by atoms with van der Waals surface area (Å²) in [6, 6.07) is 31.3. The molecule has 0 fully saturated rings. The van der Waals surface area contributed by atoms with E-state index in [-0.39, 0.29) is 22.0 Å². The van der Waals surface area contributed by atoms with Crippen LogP contribution in [-0.4, -0.2) is 29.6 Å². The summed E-state index contributed by atoms with van der Waals surface area (Å²) in [5.41, 5.74) is 12.8. The maximum absolute atomic E-state index is 11.6. The van der Waals surface area contributed by atoms with Gasteiger partial charge in [-0.3, -0.25) is 19.5 Å². The number of imidazole rings is 1. The number of furan rings is 1. The van der Waals surface area contributed by atoms with E-state index in [9.17, 15) is 5.11 Å². The minimum absolute atomic E-state index is 0.0196. The molecule has 7 heteroatoms. The van der Waals surface area contributed by atoms with Gasteiger partial charge < -0.3 is 9.52 Å². The molecule has 0 unspecified atom stereocenters. The first-order valence-electron chi connectivity index (χ1n) is 20.0. The third-order valence-corrected chi connectivity index (χ3v) is 11.4. The molecule has 0 bridgehead atoms. The third kappa shape index (κ3) is 6.20. The maximum Gasteiger partial charge on any atom is 0.147 e. The fourth-order valence-electron chi connectivity index (χ4n) is 7.98. The number of benzene rings is 4. The number of aryl methyl sites for hydroxylation is 1. The fourth-order valence-corrected chi connectivity index (χ4v) is 7.98. The molecular formula is C51H49N5O2. The summed E-state index contributed by atoms with van der Waals surface area (Å²) in [7, 11) is 0. The van der Waals surface area contributed by atoms with Crippen LogP contribution in [0.4, 0.5) is 0 Å². The number of pyridine rings is 3. The van der Waals surface area contributed by atoms with Crippen LogP contribution in [0.5, 0.6) is 5.75 Å². The van der Waals surface area contributed by atoms with Gasteiger partial charge in [0.05, 0.1) is 28.5 Å². The van der Waals surface area contributed by atoms with Gasteiger partial charge in [-0.1, -0.05) is 92.6 Å². The van der Waals surface area contributed by atoms with Gasteiger partial charge in [0.1, 0.15) is 28.3 Å². The maximum atomic E-state index is 11.6. The van der Waals surface area contributed by atoms with Crippen molar-refractivity contribution in [1.82, 2.24) is 24.5 Å². The Morgan fingerprint density at radius 3 is 2.10 bits per heavy atom. The van der Waals surface area contributed by atoms with E-state index in [4.69, 9.17) is 24.4 Å². The fraction of sp³-hybridized carbons (Fsp3) is 0.255. The zero-order chi connectivity index (χ0) is 40.9. The lowest BCUT2D eigenvalue weighted by molar-refractivity contribution is 0.477. The first-order valence-corrected chi connectivity index (χ1v) is 20.0. The van der Waals surface area contributed by atoms with E-state index >= 15 is 0 Å². The Kier molecular flexibility index (Phi) is 8.41. The largest absolute Gasteiger partial charge is 0.507 e. The second-order valence-electron chi connectivity index (χ2n) is 18.7. The van der Waals surface area contributed by atoms with Gasteiger partial charge in [0.2, 0.25) is 0 Å². The molecule has 0 aliphatic carbocycles. The number of phenols is 1. The van der Waals surface area contributed by atoms with Gasteiger partial charge in [-0.2, -0.15) is 0 Å². The van der Waals surface area contributed by atoms with Gasteiger partial charge in [-0.15, -0.1) is 0 Å². The minimum Gasteiger partial charge on any atom is -0.507 e. The van der Waals surface area contributed by atoms with Gasteiger partial charge in [0.15, 0.2) is 0 Å². The third-order valence-electron chi connectivity index (χ3n) is 11.4. The zero-order valence-corrected chi connectivity index (χ0v) is 35.0. The van der Waals surface area contributed by atoms with Crippen molar-refractivity contribution in [1.29, 1.82) is 0 Å². The number of phenolic OH excluding ortho intramolecular Hbond substituents is 1. The Bertz CT molecular complexity index is 3080. The summed E-state index contributed by atoms with van der Waals surface area (Å²) in [5.74, 6) is 0.833. The molecule has 7 nitrogen and oxygen atoms in total. The highest BCUT2D eigenvalue weighted by molar-refractivity contribution is 6.13. The molecule has 0 atom stereocenters. The van der Waals surface area contributed by atoms with Crippen molar-refractivity contribution >= 4 is 43.9 Å². The highest BCUT2D eigenvalue weighted by Gasteiger charge is 2.27. The van der Waals surface area contributed by atoms with Crippen molar-refractivity contribution in [3.05, 3.63) is 132 Å². The molecule has 5 heterocycles. The van der Waals surface area contributed by atoms with Crippen molar-refractivity contribution in [2.75, 3.05) is 0 Å². The lowest BCUT2D eigenvalue weighted by Crippen LogP contribution is -2.15. The van der Waals surface area contributed by atoms with Crippen LogP contribution in [0.1, 0.15) is 84.7 Å². The Morgan fingerprint density at radius 2 is 1.38 bits per heavy atom. The van der Waals surface area contributed by atoms with Crippen LogP contribution in [0.25, 0.3) is 83.3 Å². The summed E-state index contributed by atoms with van der Waals surface area (Å²) in [5, 5.41) is 14.6. The highest BCUT2D eigenvalue weighted by Crippen LogP contribution is 2.45. The van der Waals surface area contributed by atoms with Crippen LogP contribution >= 0.6 is 0 Å². The molecule has 0 aliphatic heterocycles. The molecule has 4 aromatic carbocycles. The van der Waals surface area contributed by atoms with E-state index in [0.29, 0.717) is 22.2 Å². The Labute approximate surface area is 339 Å². The predicted octanol–water partition coefficient (Wildman–Crippen LogP) is 13.2. The summed E-state index contributed by atoms with van der Waals surface area (Å²) >= 11 is 0. The topological polar surface area (TPSA) is 89.9 Å². The number of fused-ring (bicyclic) bond motifs is 5. The number of para-hydroxylation sites is 1. The predicted molar refractivity (Wildman–Crippen MR) is 238 cm³/mol. The van der Waals surface area contributed by atoms with E-state index < -0.39 is 0 Å². The van der Waals surface area contributed by atoms with Crippen LogP contribution in [0.3, 0.4) is 0 Å². The minimum atomic E-state index is -0.286. The molecule has 0 saturated carbocycles. The molecule has 0 aliphatic rings. The molecule has 0 spiro atoms. The molecule has 1 N–H and O–H groups in total. The SMILES string of the molecule is Cc1ccnc2c(-c3cc(-c4nc5c(-c6c(O)ccc7c6oc6ccccc67)cncc5n4-c4ccc(C(C)(C)C)cc4)cc(C(C)(C)C)n3)cc(C(C)(C)C)cc12. The average Bonchev–Trinajstić information content (AvgIpc) is 3.76. The normalized spacial score (nSPS) is 12.7. The molecule has 290 valence electrons. The highest BCUT2D eigenvalue weighted by atomic mass is 16.3. The van der Waals surface area contributed by atoms with Gasteiger partial charge in [-0.25, -0.2) is 4.98 Å². The summed E-state index contributed by atoms with van der Waals surface area (Å²) in [6.45, 7) is 22.1. The number of rotatable bonds is 4. The quantitative estimate of drug-likeness (QED) is 0.192. The van der Waals surface area contributed by atoms with Crippen LogP contribution < -0.4 is 0 Å². The number of aromatic hydroxyl groups is 1. The van der Waals surface area contributed by atoms with Crippen LogP contribution in [-0.2, 0) is 16.2 Å². The Hall–Kier alpha value is -6.34. The molecule has 0 saturated heterocycles. The summed E-state index contributed by atoms with van der Waals surface area (Å²) in [4.78, 5) is 20.7. The lowest BCUT2D eigenvalue weighted by atomic mass is 9.83. The molecule has 5 aromatic heterocycles. The Balaban J connectivity index is 1.37. The second kappa shape index (κ2) is 13.1. The molecule has 58 heavy (non-hydrogen) atoms. The number of aromatic nitrogens is 5.